The number of nitrogens with one attached hydrogen (secondary N) is 1. The molecule has 0 bridgehead atoms. The van der Waals surface area contributed by atoms with Crippen molar-refractivity contribution in [1.29, 1.82) is 0 Å². The normalized spacial score (nSPS) is 11.0. The summed E-state index contributed by atoms with van der Waals surface area (Å²) in [6.07, 6.45) is 1.82. The number of benzene rings is 2. The van der Waals surface area contributed by atoms with Gasteiger partial charge >= 0.3 is 0 Å². The van der Waals surface area contributed by atoms with Gasteiger partial charge in [-0.2, -0.15) is 0 Å². The number of carbonyl (C=O) groups is 1. The van der Waals surface area contributed by atoms with Crippen LogP contribution in [0.25, 0.3) is 11.0 Å². The van der Waals surface area contributed by atoms with Gasteiger partial charge in [-0.05, 0) is 43.7 Å². The highest BCUT2D eigenvalue weighted by atomic mass is 19.1. The van der Waals surface area contributed by atoms with Crippen molar-refractivity contribution in [2.75, 3.05) is 6.61 Å². The second-order valence-corrected chi connectivity index (χ2v) is 6.09. The number of ether oxygens (including phenoxy) is 1. The van der Waals surface area contributed by atoms with Gasteiger partial charge in [-0.3, -0.25) is 4.79 Å². The predicted molar refractivity (Wildman–Crippen MR) is 93.9 cm³/mol. The number of hydrogen-bond donors (Lipinski definition) is 1. The van der Waals surface area contributed by atoms with Crippen molar-refractivity contribution in [3.8, 4) is 5.75 Å². The number of fused-ring (bicyclic) bond motifs is 1. The molecule has 0 aliphatic carbocycles. The van der Waals surface area contributed by atoms with Gasteiger partial charge in [0.15, 0.2) is 6.61 Å². The zero-order valence-electron chi connectivity index (χ0n) is 14.2. The number of aromatic nitrogens is 2. The third kappa shape index (κ3) is 4.15. The van der Waals surface area contributed by atoms with Crippen LogP contribution >= 0.6 is 0 Å². The number of halogens is 1. The van der Waals surface area contributed by atoms with Crippen molar-refractivity contribution in [3.05, 3.63) is 60.2 Å². The van der Waals surface area contributed by atoms with Crippen molar-refractivity contribution in [1.82, 2.24) is 14.9 Å². The molecule has 1 N–H and O–H groups in total. The van der Waals surface area contributed by atoms with Crippen LogP contribution in [0.5, 0.6) is 5.75 Å². The van der Waals surface area contributed by atoms with E-state index in [1.807, 2.05) is 24.5 Å². The van der Waals surface area contributed by atoms with Crippen LogP contribution in [-0.4, -0.2) is 22.1 Å². The number of rotatable bonds is 6. The van der Waals surface area contributed by atoms with Crippen LogP contribution in [-0.2, 0) is 11.3 Å². The number of imidazole rings is 1. The first-order chi connectivity index (χ1) is 12.0. The average molecular weight is 341 g/mol. The largest absolute Gasteiger partial charge is 0.484 e. The minimum Gasteiger partial charge on any atom is -0.484 e. The third-order valence-electron chi connectivity index (χ3n) is 3.85. The van der Waals surface area contributed by atoms with Gasteiger partial charge < -0.3 is 14.6 Å². The van der Waals surface area contributed by atoms with E-state index in [0.29, 0.717) is 18.3 Å². The molecule has 6 heteroatoms. The van der Waals surface area contributed by atoms with Gasteiger partial charge in [0, 0.05) is 18.7 Å². The Labute approximate surface area is 145 Å². The van der Waals surface area contributed by atoms with Crippen molar-refractivity contribution in [2.45, 2.75) is 26.4 Å². The molecule has 1 amide bonds. The predicted octanol–water partition coefficient (Wildman–Crippen LogP) is 3.45. The second kappa shape index (κ2) is 7.34. The maximum atomic E-state index is 13.1. The van der Waals surface area contributed by atoms with Gasteiger partial charge in [0.1, 0.15) is 11.6 Å². The van der Waals surface area contributed by atoms with Crippen molar-refractivity contribution in [3.63, 3.8) is 0 Å². The molecule has 0 atom stereocenters. The number of nitrogens with zero attached hydrogens (tertiary/aromatic N) is 2. The molecule has 0 saturated heterocycles. The minimum atomic E-state index is -0.396. The number of carbonyl (C=O) groups excluding carboxylic acids is 1. The zero-order chi connectivity index (χ0) is 17.8. The van der Waals surface area contributed by atoms with Crippen molar-refractivity contribution in [2.24, 2.45) is 0 Å². The maximum Gasteiger partial charge on any atom is 0.258 e. The average Bonchev–Trinajstić information content (AvgIpc) is 3.01. The molecule has 25 heavy (non-hydrogen) atoms. The molecule has 3 rings (SSSR count). The fourth-order valence-corrected chi connectivity index (χ4v) is 2.56. The van der Waals surface area contributed by atoms with Gasteiger partial charge in [0.05, 0.1) is 17.4 Å². The van der Waals surface area contributed by atoms with Gasteiger partial charge in [-0.1, -0.05) is 12.1 Å². The summed E-state index contributed by atoms with van der Waals surface area (Å²) in [5, 5.41) is 2.79. The summed E-state index contributed by atoms with van der Waals surface area (Å²) < 4.78 is 20.4. The summed E-state index contributed by atoms with van der Waals surface area (Å²) in [4.78, 5) is 16.3. The Morgan fingerprint density at radius 1 is 1.28 bits per heavy atom. The molecule has 0 spiro atoms. The molecule has 3 aromatic rings. The maximum absolute atomic E-state index is 13.1. The van der Waals surface area contributed by atoms with Crippen LogP contribution in [0.1, 0.15) is 25.5 Å². The van der Waals surface area contributed by atoms with E-state index in [2.05, 4.69) is 28.7 Å². The van der Waals surface area contributed by atoms with Crippen LogP contribution in [0.2, 0.25) is 0 Å². The van der Waals surface area contributed by atoms with Crippen molar-refractivity contribution >= 4 is 16.9 Å². The smallest absolute Gasteiger partial charge is 0.258 e. The Bertz CT molecular complexity index is 889. The summed E-state index contributed by atoms with van der Waals surface area (Å²) in [5.41, 5.74) is 2.93. The molecular weight excluding hydrogens is 321 g/mol. The van der Waals surface area contributed by atoms with E-state index in [0.717, 1.165) is 16.6 Å². The van der Waals surface area contributed by atoms with E-state index in [1.54, 1.807) is 6.07 Å². The van der Waals surface area contributed by atoms with Crippen LogP contribution < -0.4 is 10.1 Å². The molecule has 0 radical (unpaired) electrons. The number of hydrogen-bond acceptors (Lipinski definition) is 3. The van der Waals surface area contributed by atoms with Crippen LogP contribution in [0, 0.1) is 5.82 Å². The van der Waals surface area contributed by atoms with E-state index in [1.165, 1.54) is 18.2 Å². The summed E-state index contributed by atoms with van der Waals surface area (Å²) in [6.45, 7) is 4.44. The van der Waals surface area contributed by atoms with Gasteiger partial charge in [0.25, 0.3) is 5.91 Å². The molecule has 0 aliphatic rings. The molecular formula is C19H20FN3O2. The van der Waals surface area contributed by atoms with E-state index in [9.17, 15) is 9.18 Å². The van der Waals surface area contributed by atoms with E-state index >= 15 is 0 Å². The molecule has 0 unspecified atom stereocenters. The van der Waals surface area contributed by atoms with Crippen molar-refractivity contribution < 1.29 is 13.9 Å². The Balaban J connectivity index is 1.56. The van der Waals surface area contributed by atoms with E-state index in [-0.39, 0.29) is 12.5 Å². The molecule has 0 fully saturated rings. The Hall–Kier alpha value is -2.89. The zero-order valence-corrected chi connectivity index (χ0v) is 14.2. The quantitative estimate of drug-likeness (QED) is 0.747. The third-order valence-corrected chi connectivity index (χ3v) is 3.85. The Kier molecular flexibility index (Phi) is 4.97. The minimum absolute atomic E-state index is 0.159. The molecule has 0 saturated carbocycles. The molecule has 2 aromatic carbocycles. The summed E-state index contributed by atoms with van der Waals surface area (Å²) >= 11 is 0. The molecule has 130 valence electrons. The highest BCUT2D eigenvalue weighted by Crippen LogP contribution is 2.18. The molecule has 5 nitrogen and oxygen atoms in total. The summed E-state index contributed by atoms with van der Waals surface area (Å²) in [6, 6.07) is 12.0. The van der Waals surface area contributed by atoms with Gasteiger partial charge in [-0.15, -0.1) is 0 Å². The fraction of sp³-hybridized carbons (Fsp3) is 0.263. The van der Waals surface area contributed by atoms with Crippen LogP contribution in [0.15, 0.2) is 48.8 Å². The Morgan fingerprint density at radius 2 is 2.12 bits per heavy atom. The number of amides is 1. The molecule has 1 aromatic heterocycles. The lowest BCUT2D eigenvalue weighted by atomic mass is 10.2. The molecule has 1 heterocycles. The van der Waals surface area contributed by atoms with Gasteiger partial charge in [0.2, 0.25) is 0 Å². The van der Waals surface area contributed by atoms with Crippen LogP contribution in [0.4, 0.5) is 4.39 Å². The highest BCUT2D eigenvalue weighted by Gasteiger charge is 2.08. The Morgan fingerprint density at radius 3 is 2.88 bits per heavy atom. The summed E-state index contributed by atoms with van der Waals surface area (Å²) in [7, 11) is 0. The topological polar surface area (TPSA) is 56.2 Å². The van der Waals surface area contributed by atoms with E-state index in [4.69, 9.17) is 4.74 Å². The van der Waals surface area contributed by atoms with Gasteiger partial charge in [-0.25, -0.2) is 9.37 Å². The standard InChI is InChI=1S/C19H20FN3O2/c1-13(2)23-12-22-17-8-14(6-7-18(17)23)10-21-19(24)11-25-16-5-3-4-15(20)9-16/h3-9,12-13H,10-11H2,1-2H3,(H,21,24). The van der Waals surface area contributed by atoms with Crippen LogP contribution in [0.3, 0.4) is 0 Å². The lowest BCUT2D eigenvalue weighted by molar-refractivity contribution is -0.123. The second-order valence-electron chi connectivity index (χ2n) is 6.09. The SMILES string of the molecule is CC(C)n1cnc2cc(CNC(=O)COc3cccc(F)c3)ccc21. The van der Waals surface area contributed by atoms with E-state index < -0.39 is 5.82 Å². The lowest BCUT2D eigenvalue weighted by Gasteiger charge is -2.09. The highest BCUT2D eigenvalue weighted by molar-refractivity contribution is 5.78. The monoisotopic (exact) mass is 341 g/mol. The fourth-order valence-electron chi connectivity index (χ4n) is 2.56. The first-order valence-corrected chi connectivity index (χ1v) is 8.13. The molecule has 0 aliphatic heterocycles. The first kappa shape index (κ1) is 17.0. The first-order valence-electron chi connectivity index (χ1n) is 8.13. The lowest BCUT2D eigenvalue weighted by Crippen LogP contribution is -2.28. The summed E-state index contributed by atoms with van der Waals surface area (Å²) in [5.74, 6) is -0.333.